The Labute approximate surface area is 269 Å². The summed E-state index contributed by atoms with van der Waals surface area (Å²) < 4.78 is 11.0. The second kappa shape index (κ2) is 11.3. The molecule has 0 spiro atoms. The van der Waals surface area contributed by atoms with E-state index in [0.717, 1.165) is 49.4 Å². The lowest BCUT2D eigenvalue weighted by Gasteiger charge is -2.30. The van der Waals surface area contributed by atoms with Crippen molar-refractivity contribution >= 4 is 68.3 Å². The van der Waals surface area contributed by atoms with Gasteiger partial charge in [-0.1, -0.05) is 84.1 Å². The molecular formula is C34H24I2N2O2S. The Kier molecular flexibility index (Phi) is 7.43. The summed E-state index contributed by atoms with van der Waals surface area (Å²) in [6.45, 7) is 0.458. The molecule has 1 aliphatic carbocycles. The van der Waals surface area contributed by atoms with Gasteiger partial charge < -0.3 is 4.74 Å². The number of benzene rings is 4. The molecule has 0 amide bonds. The van der Waals surface area contributed by atoms with Gasteiger partial charge in [0.05, 0.1) is 19.8 Å². The fraction of sp³-hybridized carbons (Fsp3) is 0.118. The molecule has 0 saturated carbocycles. The highest BCUT2D eigenvalue weighted by Gasteiger charge is 2.32. The summed E-state index contributed by atoms with van der Waals surface area (Å²) in [7, 11) is 0. The average Bonchev–Trinajstić information content (AvgIpc) is 3.30. The molecule has 41 heavy (non-hydrogen) atoms. The highest BCUT2D eigenvalue weighted by Crippen LogP contribution is 2.41. The van der Waals surface area contributed by atoms with E-state index in [-0.39, 0.29) is 11.6 Å². The van der Waals surface area contributed by atoms with Crippen molar-refractivity contribution < 1.29 is 4.74 Å². The number of rotatable bonds is 5. The summed E-state index contributed by atoms with van der Waals surface area (Å²) >= 11 is 6.08. The molecule has 0 saturated heterocycles. The van der Waals surface area contributed by atoms with Gasteiger partial charge in [-0.2, -0.15) is 0 Å². The number of aryl methyl sites for hydroxylation is 1. The summed E-state index contributed by atoms with van der Waals surface area (Å²) in [6, 6.07) is 33.1. The molecule has 0 radical (unpaired) electrons. The summed E-state index contributed by atoms with van der Waals surface area (Å²) in [6.07, 6.45) is 3.83. The maximum atomic E-state index is 14.0. The van der Waals surface area contributed by atoms with E-state index in [9.17, 15) is 4.79 Å². The molecule has 202 valence electrons. The monoisotopic (exact) mass is 778 g/mol. The van der Waals surface area contributed by atoms with Crippen LogP contribution in [0.1, 0.15) is 40.3 Å². The van der Waals surface area contributed by atoms with Crippen molar-refractivity contribution in [3.63, 3.8) is 0 Å². The van der Waals surface area contributed by atoms with Crippen molar-refractivity contribution in [1.82, 2.24) is 4.57 Å². The number of thiazole rings is 1. The zero-order chi connectivity index (χ0) is 27.9. The van der Waals surface area contributed by atoms with Crippen molar-refractivity contribution in [3.8, 4) is 5.75 Å². The number of nitrogens with zero attached hydrogens (tertiary/aromatic N) is 2. The van der Waals surface area contributed by atoms with Gasteiger partial charge in [0, 0.05) is 9.13 Å². The first-order valence-corrected chi connectivity index (χ1v) is 16.4. The number of ether oxygens (including phenoxy) is 1. The van der Waals surface area contributed by atoms with Crippen LogP contribution >= 0.6 is 56.5 Å². The van der Waals surface area contributed by atoms with E-state index in [1.54, 1.807) is 0 Å². The molecule has 0 bridgehead atoms. The van der Waals surface area contributed by atoms with Crippen LogP contribution in [-0.2, 0) is 13.0 Å². The van der Waals surface area contributed by atoms with Gasteiger partial charge >= 0.3 is 0 Å². The van der Waals surface area contributed by atoms with Gasteiger partial charge in [0.1, 0.15) is 12.4 Å². The Balaban J connectivity index is 1.29. The first kappa shape index (κ1) is 26.9. The van der Waals surface area contributed by atoms with E-state index in [4.69, 9.17) is 9.73 Å². The van der Waals surface area contributed by atoms with Crippen LogP contribution in [0.2, 0.25) is 0 Å². The van der Waals surface area contributed by atoms with Gasteiger partial charge in [0.25, 0.3) is 5.56 Å². The Hall–Kier alpha value is -3.02. The number of hydrogen-bond donors (Lipinski definition) is 0. The maximum Gasteiger partial charge on any atom is 0.271 e. The van der Waals surface area contributed by atoms with Crippen LogP contribution in [0.3, 0.4) is 0 Å². The van der Waals surface area contributed by atoms with E-state index in [2.05, 4.69) is 99.8 Å². The zero-order valence-electron chi connectivity index (χ0n) is 21.9. The molecule has 0 unspecified atom stereocenters. The topological polar surface area (TPSA) is 43.6 Å². The standard InChI is InChI=1S/C34H24I2N2O2S/c35-25-14-16-29(28(36)19-25)40-20-22-8-6-7-21(17-22)18-30-33(39)38-32(24-10-2-1-3-11-24)27-15-13-23-9-4-5-12-26(23)31(27)37-34(38)41-30/h1-12,14,16-19,32H,13,15,20H2/b30-18+/t32-/m1/s1. The number of allylic oxidation sites excluding steroid dienone is 1. The fourth-order valence-electron chi connectivity index (χ4n) is 5.64. The van der Waals surface area contributed by atoms with Gasteiger partial charge in [-0.25, -0.2) is 4.99 Å². The van der Waals surface area contributed by atoms with Crippen LogP contribution in [-0.4, -0.2) is 4.57 Å². The third-order valence-electron chi connectivity index (χ3n) is 7.53. The van der Waals surface area contributed by atoms with Crippen LogP contribution < -0.4 is 19.6 Å². The Morgan fingerprint density at radius 3 is 2.61 bits per heavy atom. The van der Waals surface area contributed by atoms with E-state index >= 15 is 0 Å². The van der Waals surface area contributed by atoms with Crippen LogP contribution in [0.25, 0.3) is 11.8 Å². The van der Waals surface area contributed by atoms with Crippen molar-refractivity contribution in [2.24, 2.45) is 4.99 Å². The zero-order valence-corrected chi connectivity index (χ0v) is 27.0. The first-order chi connectivity index (χ1) is 20.0. The average molecular weight is 778 g/mol. The van der Waals surface area contributed by atoms with E-state index < -0.39 is 0 Å². The highest BCUT2D eigenvalue weighted by atomic mass is 127. The molecule has 2 aliphatic rings. The van der Waals surface area contributed by atoms with Gasteiger partial charge in [-0.15, -0.1) is 0 Å². The van der Waals surface area contributed by atoms with Crippen LogP contribution in [0.5, 0.6) is 5.75 Å². The second-order valence-electron chi connectivity index (χ2n) is 10.1. The van der Waals surface area contributed by atoms with Gasteiger partial charge in [0.2, 0.25) is 0 Å². The fourth-order valence-corrected chi connectivity index (χ4v) is 8.39. The molecule has 4 aromatic carbocycles. The lowest BCUT2D eigenvalue weighted by Crippen LogP contribution is -2.38. The molecule has 7 rings (SSSR count). The number of halogens is 2. The van der Waals surface area contributed by atoms with E-state index in [0.29, 0.717) is 11.1 Å². The first-order valence-electron chi connectivity index (χ1n) is 13.4. The molecule has 4 nitrogen and oxygen atoms in total. The quantitative estimate of drug-likeness (QED) is 0.179. The summed E-state index contributed by atoms with van der Waals surface area (Å²) in [4.78, 5) is 19.9. The number of fused-ring (bicyclic) bond motifs is 3. The summed E-state index contributed by atoms with van der Waals surface area (Å²) in [5.74, 6) is 0.871. The molecular weight excluding hydrogens is 754 g/mol. The number of aromatic nitrogens is 1. The maximum absolute atomic E-state index is 14.0. The normalized spacial score (nSPS) is 16.0. The van der Waals surface area contributed by atoms with Crippen LogP contribution in [0, 0.1) is 7.14 Å². The largest absolute Gasteiger partial charge is 0.488 e. The molecule has 0 N–H and O–H groups in total. The predicted octanol–water partition coefficient (Wildman–Crippen LogP) is 7.11. The molecule has 7 heteroatoms. The van der Waals surface area contributed by atoms with Gasteiger partial charge in [-0.05, 0) is 116 Å². The Morgan fingerprint density at radius 1 is 0.927 bits per heavy atom. The minimum Gasteiger partial charge on any atom is -0.488 e. The Morgan fingerprint density at radius 2 is 1.76 bits per heavy atom. The molecule has 1 aromatic heterocycles. The van der Waals surface area contributed by atoms with Crippen LogP contribution in [0.15, 0.2) is 112 Å². The Bertz CT molecular complexity index is 2010. The molecule has 1 atom stereocenters. The predicted molar refractivity (Wildman–Crippen MR) is 182 cm³/mol. The SMILES string of the molecule is O=c1/c(=C\c2cccc(COc3ccc(I)cc3I)c2)sc2n1[C@H](c1ccccc1)C1=C(N=2)c2ccccc2CC1. The van der Waals surface area contributed by atoms with E-state index in [1.807, 2.05) is 53.1 Å². The van der Waals surface area contributed by atoms with Gasteiger partial charge in [-0.3, -0.25) is 9.36 Å². The lowest BCUT2D eigenvalue weighted by atomic mass is 9.83. The second-order valence-corrected chi connectivity index (χ2v) is 13.5. The summed E-state index contributed by atoms with van der Waals surface area (Å²) in [5.41, 5.74) is 7.89. The third kappa shape index (κ3) is 5.23. The molecule has 1 aliphatic heterocycles. The third-order valence-corrected chi connectivity index (χ3v) is 10.0. The van der Waals surface area contributed by atoms with Gasteiger partial charge in [0.15, 0.2) is 4.80 Å². The molecule has 5 aromatic rings. The van der Waals surface area contributed by atoms with Crippen molar-refractivity contribution in [2.75, 3.05) is 0 Å². The minimum atomic E-state index is -0.158. The smallest absolute Gasteiger partial charge is 0.271 e. The van der Waals surface area contributed by atoms with E-state index in [1.165, 1.54) is 31.6 Å². The lowest BCUT2D eigenvalue weighted by molar-refractivity contribution is 0.304. The van der Waals surface area contributed by atoms with Crippen LogP contribution in [0.4, 0.5) is 0 Å². The molecule has 0 fully saturated rings. The van der Waals surface area contributed by atoms with Crippen molar-refractivity contribution in [1.29, 1.82) is 0 Å². The van der Waals surface area contributed by atoms with Crippen molar-refractivity contribution in [2.45, 2.75) is 25.5 Å². The minimum absolute atomic E-state index is 0.00288. The molecule has 2 heterocycles. The highest BCUT2D eigenvalue weighted by molar-refractivity contribution is 14.1. The van der Waals surface area contributed by atoms with Crippen molar-refractivity contribution in [3.05, 3.63) is 157 Å². The number of hydrogen-bond acceptors (Lipinski definition) is 4. The summed E-state index contributed by atoms with van der Waals surface area (Å²) in [5, 5.41) is 0.